The normalized spacial score (nSPS) is 9.26. The number of nitrogens with zero attached hydrogens (tertiary/aromatic N) is 6. The van der Waals surface area contributed by atoms with Gasteiger partial charge in [0.15, 0.2) is 0 Å². The van der Waals surface area contributed by atoms with E-state index in [4.69, 9.17) is 15.3 Å². The smallest absolute Gasteiger partial charge is 0.322 e. The summed E-state index contributed by atoms with van der Waals surface area (Å²) in [6.45, 7) is 2.77. The molecule has 0 aliphatic carbocycles. The molecule has 8 nitrogen and oxygen atoms in total. The molecular formula is C11H15N7O. The summed E-state index contributed by atoms with van der Waals surface area (Å²) in [7, 11) is 1.45. The first-order valence-electron chi connectivity index (χ1n) is 5.78. The van der Waals surface area contributed by atoms with Crippen molar-refractivity contribution in [2.45, 2.75) is 13.3 Å². The Hall–Kier alpha value is -2.61. The van der Waals surface area contributed by atoms with E-state index in [1.54, 1.807) is 0 Å². The molecule has 0 spiro atoms. The molecule has 0 bridgehead atoms. The van der Waals surface area contributed by atoms with Crippen molar-refractivity contribution in [2.24, 2.45) is 0 Å². The minimum Gasteiger partial charge on any atom is -0.467 e. The van der Waals surface area contributed by atoms with Gasteiger partial charge in [-0.25, -0.2) is 0 Å². The minimum atomic E-state index is 0.0218. The number of aromatic nitrogens is 3. The molecule has 100 valence electrons. The zero-order valence-corrected chi connectivity index (χ0v) is 10.9. The SMILES string of the molecule is CCCNc1nc(OC)nc(N(CC#N)CC#N)n1. The van der Waals surface area contributed by atoms with Gasteiger partial charge in [0, 0.05) is 6.54 Å². The summed E-state index contributed by atoms with van der Waals surface area (Å²) in [5, 5.41) is 20.5. The fraction of sp³-hybridized carbons (Fsp3) is 0.545. The summed E-state index contributed by atoms with van der Waals surface area (Å²) in [6, 6.07) is 4.07. The first-order valence-corrected chi connectivity index (χ1v) is 5.78. The Morgan fingerprint density at radius 1 is 1.21 bits per heavy atom. The van der Waals surface area contributed by atoms with Crippen LogP contribution in [0.4, 0.5) is 11.9 Å². The highest BCUT2D eigenvalue weighted by atomic mass is 16.5. The number of rotatable bonds is 7. The molecule has 1 N–H and O–H groups in total. The van der Waals surface area contributed by atoms with Gasteiger partial charge in [-0.3, -0.25) is 0 Å². The molecule has 0 saturated carbocycles. The average molecular weight is 261 g/mol. The number of nitriles is 2. The van der Waals surface area contributed by atoms with Crippen LogP contribution in [0, 0.1) is 22.7 Å². The van der Waals surface area contributed by atoms with E-state index in [2.05, 4.69) is 20.3 Å². The van der Waals surface area contributed by atoms with Crippen LogP contribution < -0.4 is 15.0 Å². The number of hydrogen-bond acceptors (Lipinski definition) is 8. The highest BCUT2D eigenvalue weighted by molar-refractivity contribution is 5.40. The molecule has 19 heavy (non-hydrogen) atoms. The van der Waals surface area contributed by atoms with Crippen LogP contribution in [-0.4, -0.2) is 41.7 Å². The maximum absolute atomic E-state index is 8.74. The van der Waals surface area contributed by atoms with E-state index >= 15 is 0 Å². The zero-order chi connectivity index (χ0) is 14.1. The quantitative estimate of drug-likeness (QED) is 0.708. The van der Waals surface area contributed by atoms with E-state index in [9.17, 15) is 0 Å². The van der Waals surface area contributed by atoms with Crippen molar-refractivity contribution in [3.05, 3.63) is 0 Å². The number of anilines is 2. The lowest BCUT2D eigenvalue weighted by atomic mass is 10.5. The fourth-order valence-electron chi connectivity index (χ4n) is 1.26. The van der Waals surface area contributed by atoms with Crippen LogP contribution >= 0.6 is 0 Å². The molecule has 1 aromatic rings. The van der Waals surface area contributed by atoms with E-state index in [1.807, 2.05) is 19.1 Å². The molecule has 1 heterocycles. The summed E-state index contributed by atoms with van der Waals surface area (Å²) < 4.78 is 4.99. The second-order valence-electron chi connectivity index (χ2n) is 3.54. The standard InChI is InChI=1S/C11H15N7O/c1-3-6-14-9-15-10(17-11(16-9)19-2)18(7-4-12)8-5-13/h3,6-8H2,1-2H3,(H,14,15,16,17). The Kier molecular flexibility index (Phi) is 5.83. The van der Waals surface area contributed by atoms with E-state index < -0.39 is 0 Å². The van der Waals surface area contributed by atoms with E-state index in [1.165, 1.54) is 12.0 Å². The largest absolute Gasteiger partial charge is 0.467 e. The summed E-state index contributed by atoms with van der Waals surface area (Å²) >= 11 is 0. The Bertz CT molecular complexity index is 475. The van der Waals surface area contributed by atoms with Crippen molar-refractivity contribution in [2.75, 3.05) is 37.0 Å². The van der Waals surface area contributed by atoms with Crippen LogP contribution in [0.5, 0.6) is 6.01 Å². The molecule has 0 amide bonds. The average Bonchev–Trinajstić information content (AvgIpc) is 2.44. The van der Waals surface area contributed by atoms with E-state index in [0.29, 0.717) is 12.5 Å². The van der Waals surface area contributed by atoms with Crippen molar-refractivity contribution in [3.63, 3.8) is 0 Å². The van der Waals surface area contributed by atoms with Crippen LogP contribution in [0.15, 0.2) is 0 Å². The number of ether oxygens (including phenoxy) is 1. The Morgan fingerprint density at radius 2 is 1.89 bits per heavy atom. The van der Waals surface area contributed by atoms with Gasteiger partial charge in [0.2, 0.25) is 11.9 Å². The van der Waals surface area contributed by atoms with Crippen molar-refractivity contribution in [3.8, 4) is 18.1 Å². The van der Waals surface area contributed by atoms with E-state index in [0.717, 1.165) is 6.42 Å². The molecular weight excluding hydrogens is 246 g/mol. The summed E-state index contributed by atoms with van der Waals surface area (Å²) in [5.41, 5.74) is 0. The van der Waals surface area contributed by atoms with Crippen LogP contribution in [0.3, 0.4) is 0 Å². The topological polar surface area (TPSA) is 111 Å². The molecule has 0 fully saturated rings. The molecule has 0 atom stereocenters. The van der Waals surface area contributed by atoms with Crippen LogP contribution in [0.25, 0.3) is 0 Å². The van der Waals surface area contributed by atoms with Gasteiger partial charge in [0.25, 0.3) is 0 Å². The van der Waals surface area contributed by atoms with Crippen molar-refractivity contribution < 1.29 is 4.74 Å². The van der Waals surface area contributed by atoms with E-state index in [-0.39, 0.29) is 25.0 Å². The third-order valence-electron chi connectivity index (χ3n) is 2.12. The van der Waals surface area contributed by atoms with Crippen LogP contribution in [-0.2, 0) is 0 Å². The highest BCUT2D eigenvalue weighted by Crippen LogP contribution is 2.14. The first kappa shape index (κ1) is 14.5. The van der Waals surface area contributed by atoms with Gasteiger partial charge in [-0.05, 0) is 6.42 Å². The molecule has 0 aliphatic heterocycles. The zero-order valence-electron chi connectivity index (χ0n) is 10.9. The van der Waals surface area contributed by atoms with Crippen molar-refractivity contribution >= 4 is 11.9 Å². The third kappa shape index (κ3) is 4.28. The maximum atomic E-state index is 8.74. The lowest BCUT2D eigenvalue weighted by molar-refractivity contribution is 0.379. The van der Waals surface area contributed by atoms with Crippen molar-refractivity contribution in [1.82, 2.24) is 15.0 Å². The Balaban J connectivity index is 3.03. The predicted octanol–water partition coefficient (Wildman–Crippen LogP) is 0.556. The summed E-state index contributed by atoms with van der Waals surface area (Å²) in [4.78, 5) is 13.7. The second kappa shape index (κ2) is 7.67. The number of nitrogens with one attached hydrogen (secondary N) is 1. The number of hydrogen-bond donors (Lipinski definition) is 1. The fourth-order valence-corrected chi connectivity index (χ4v) is 1.26. The van der Waals surface area contributed by atoms with Gasteiger partial charge < -0.3 is 15.0 Å². The summed E-state index contributed by atoms with van der Waals surface area (Å²) in [5.74, 6) is 0.609. The molecule has 1 aromatic heterocycles. The molecule has 1 rings (SSSR count). The first-order chi connectivity index (χ1) is 9.24. The molecule has 0 saturated heterocycles. The number of methoxy groups -OCH3 is 1. The van der Waals surface area contributed by atoms with Crippen LogP contribution in [0.1, 0.15) is 13.3 Å². The monoisotopic (exact) mass is 261 g/mol. The van der Waals surface area contributed by atoms with Gasteiger partial charge in [-0.15, -0.1) is 0 Å². The molecule has 0 aromatic carbocycles. The molecule has 0 unspecified atom stereocenters. The minimum absolute atomic E-state index is 0.0218. The lowest BCUT2D eigenvalue weighted by Crippen LogP contribution is -2.26. The predicted molar refractivity (Wildman–Crippen MR) is 68.6 cm³/mol. The van der Waals surface area contributed by atoms with Crippen molar-refractivity contribution in [1.29, 1.82) is 10.5 Å². The summed E-state index contributed by atoms with van der Waals surface area (Å²) in [6.07, 6.45) is 0.920. The Morgan fingerprint density at radius 3 is 2.42 bits per heavy atom. The molecule has 0 radical (unpaired) electrons. The van der Waals surface area contributed by atoms with Gasteiger partial charge in [0.05, 0.1) is 19.2 Å². The third-order valence-corrected chi connectivity index (χ3v) is 2.12. The van der Waals surface area contributed by atoms with Crippen LogP contribution in [0.2, 0.25) is 0 Å². The highest BCUT2D eigenvalue weighted by Gasteiger charge is 2.13. The Labute approximate surface area is 111 Å². The molecule has 0 aliphatic rings. The molecule has 8 heteroatoms. The lowest BCUT2D eigenvalue weighted by Gasteiger charge is -2.16. The second-order valence-corrected chi connectivity index (χ2v) is 3.54. The van der Waals surface area contributed by atoms with Gasteiger partial charge in [-0.1, -0.05) is 6.92 Å². The van der Waals surface area contributed by atoms with Gasteiger partial charge >= 0.3 is 6.01 Å². The van der Waals surface area contributed by atoms with Gasteiger partial charge in [-0.2, -0.15) is 25.5 Å². The van der Waals surface area contributed by atoms with Gasteiger partial charge in [0.1, 0.15) is 13.1 Å². The maximum Gasteiger partial charge on any atom is 0.322 e.